The molecule has 1 aliphatic heterocycles. The van der Waals surface area contributed by atoms with Crippen molar-refractivity contribution < 1.29 is 4.79 Å². The second kappa shape index (κ2) is 6.84. The summed E-state index contributed by atoms with van der Waals surface area (Å²) in [7, 11) is 0. The molecule has 2 amide bonds. The van der Waals surface area contributed by atoms with Gasteiger partial charge in [0.2, 0.25) is 5.95 Å². The Bertz CT molecular complexity index is 606. The standard InChI is InChI=1S/C15H18N6O/c22-15(19-12-4-8-16-9-5-12)20-13-3-1-10-21(11-13)14-17-6-2-7-18-14/h2,4-9,13H,1,3,10-11H2,(H2,16,19,20,22)/t13-/m0/s1. The zero-order valence-electron chi connectivity index (χ0n) is 12.1. The van der Waals surface area contributed by atoms with E-state index in [-0.39, 0.29) is 12.1 Å². The van der Waals surface area contributed by atoms with E-state index in [1.54, 1.807) is 43.0 Å². The number of urea groups is 1. The molecule has 2 N–H and O–H groups in total. The van der Waals surface area contributed by atoms with Crippen molar-refractivity contribution in [2.75, 3.05) is 23.3 Å². The van der Waals surface area contributed by atoms with Gasteiger partial charge in [0.15, 0.2) is 0 Å². The van der Waals surface area contributed by atoms with Gasteiger partial charge in [-0.15, -0.1) is 0 Å². The van der Waals surface area contributed by atoms with Crippen LogP contribution in [0.25, 0.3) is 0 Å². The first kappa shape index (κ1) is 14.2. The van der Waals surface area contributed by atoms with E-state index < -0.39 is 0 Å². The van der Waals surface area contributed by atoms with E-state index >= 15 is 0 Å². The number of amides is 2. The van der Waals surface area contributed by atoms with Crippen molar-refractivity contribution in [3.8, 4) is 0 Å². The highest BCUT2D eigenvalue weighted by Gasteiger charge is 2.22. The Morgan fingerprint density at radius 2 is 1.95 bits per heavy atom. The second-order valence-corrected chi connectivity index (χ2v) is 5.17. The van der Waals surface area contributed by atoms with Crippen LogP contribution in [0.4, 0.5) is 16.4 Å². The van der Waals surface area contributed by atoms with Gasteiger partial charge in [-0.05, 0) is 31.0 Å². The van der Waals surface area contributed by atoms with Crippen LogP contribution in [0.5, 0.6) is 0 Å². The molecule has 3 rings (SSSR count). The van der Waals surface area contributed by atoms with Crippen LogP contribution in [0.3, 0.4) is 0 Å². The number of nitrogens with zero attached hydrogens (tertiary/aromatic N) is 4. The molecule has 0 aromatic carbocycles. The number of aromatic nitrogens is 3. The van der Waals surface area contributed by atoms with Gasteiger partial charge in [0, 0.05) is 49.6 Å². The molecule has 1 atom stereocenters. The minimum Gasteiger partial charge on any atom is -0.339 e. The maximum atomic E-state index is 12.0. The lowest BCUT2D eigenvalue weighted by Gasteiger charge is -2.33. The lowest BCUT2D eigenvalue weighted by Crippen LogP contribution is -2.49. The molecule has 0 unspecified atom stereocenters. The molecule has 0 radical (unpaired) electrons. The van der Waals surface area contributed by atoms with E-state index in [1.807, 2.05) is 0 Å². The maximum Gasteiger partial charge on any atom is 0.319 e. The normalized spacial score (nSPS) is 17.8. The van der Waals surface area contributed by atoms with Crippen LogP contribution in [-0.2, 0) is 0 Å². The van der Waals surface area contributed by atoms with Crippen LogP contribution in [-0.4, -0.2) is 40.1 Å². The lowest BCUT2D eigenvalue weighted by molar-refractivity contribution is 0.246. The van der Waals surface area contributed by atoms with Crippen molar-refractivity contribution in [2.45, 2.75) is 18.9 Å². The summed E-state index contributed by atoms with van der Waals surface area (Å²) in [6.07, 6.45) is 8.70. The number of hydrogen-bond donors (Lipinski definition) is 2. The molecular formula is C15H18N6O. The van der Waals surface area contributed by atoms with Gasteiger partial charge in [0.05, 0.1) is 0 Å². The molecule has 2 aromatic heterocycles. The van der Waals surface area contributed by atoms with E-state index in [0.29, 0.717) is 12.5 Å². The Labute approximate surface area is 128 Å². The van der Waals surface area contributed by atoms with Gasteiger partial charge in [-0.3, -0.25) is 4.98 Å². The molecule has 1 saturated heterocycles. The summed E-state index contributed by atoms with van der Waals surface area (Å²) in [5.74, 6) is 0.712. The molecule has 0 bridgehead atoms. The number of pyridine rings is 1. The smallest absolute Gasteiger partial charge is 0.319 e. The molecule has 0 saturated carbocycles. The van der Waals surface area contributed by atoms with Crippen molar-refractivity contribution in [1.29, 1.82) is 0 Å². The Kier molecular flexibility index (Phi) is 4.43. The predicted octanol–water partition coefficient (Wildman–Crippen LogP) is 1.66. The van der Waals surface area contributed by atoms with E-state index in [1.165, 1.54) is 0 Å². The Morgan fingerprint density at radius 1 is 1.18 bits per heavy atom. The number of hydrogen-bond acceptors (Lipinski definition) is 5. The zero-order chi connectivity index (χ0) is 15.2. The highest BCUT2D eigenvalue weighted by Crippen LogP contribution is 2.15. The fraction of sp³-hybridized carbons (Fsp3) is 0.333. The van der Waals surface area contributed by atoms with E-state index in [4.69, 9.17) is 0 Å². The summed E-state index contributed by atoms with van der Waals surface area (Å²) < 4.78 is 0. The van der Waals surface area contributed by atoms with Gasteiger partial charge in [-0.2, -0.15) is 0 Å². The molecule has 3 heterocycles. The maximum absolute atomic E-state index is 12.0. The minimum atomic E-state index is -0.202. The molecule has 114 valence electrons. The number of carbonyl (C=O) groups is 1. The quantitative estimate of drug-likeness (QED) is 0.900. The predicted molar refractivity (Wildman–Crippen MR) is 83.7 cm³/mol. The van der Waals surface area contributed by atoms with Crippen molar-refractivity contribution >= 4 is 17.7 Å². The highest BCUT2D eigenvalue weighted by molar-refractivity contribution is 5.89. The van der Waals surface area contributed by atoms with Crippen LogP contribution in [0.2, 0.25) is 0 Å². The summed E-state index contributed by atoms with van der Waals surface area (Å²) in [5, 5.41) is 5.80. The average Bonchev–Trinajstić information content (AvgIpc) is 2.57. The zero-order valence-corrected chi connectivity index (χ0v) is 12.1. The summed E-state index contributed by atoms with van der Waals surface area (Å²) in [6, 6.07) is 5.19. The molecular weight excluding hydrogens is 280 g/mol. The van der Waals surface area contributed by atoms with Crippen LogP contribution in [0.1, 0.15) is 12.8 Å². The first-order valence-corrected chi connectivity index (χ1v) is 7.31. The van der Waals surface area contributed by atoms with Gasteiger partial charge < -0.3 is 15.5 Å². The first-order chi connectivity index (χ1) is 10.8. The van der Waals surface area contributed by atoms with Gasteiger partial charge >= 0.3 is 6.03 Å². The number of nitrogens with one attached hydrogen (secondary N) is 2. The van der Waals surface area contributed by atoms with Crippen LogP contribution < -0.4 is 15.5 Å². The largest absolute Gasteiger partial charge is 0.339 e. The van der Waals surface area contributed by atoms with Gasteiger partial charge in [0.25, 0.3) is 0 Å². The van der Waals surface area contributed by atoms with E-state index in [0.717, 1.165) is 25.1 Å². The van der Waals surface area contributed by atoms with Gasteiger partial charge in [-0.1, -0.05) is 0 Å². The number of carbonyl (C=O) groups excluding carboxylic acids is 1. The molecule has 0 spiro atoms. The van der Waals surface area contributed by atoms with Crippen LogP contribution >= 0.6 is 0 Å². The third-order valence-electron chi connectivity index (χ3n) is 3.53. The van der Waals surface area contributed by atoms with E-state index in [9.17, 15) is 4.79 Å². The fourth-order valence-corrected chi connectivity index (χ4v) is 2.52. The summed E-state index contributed by atoms with van der Waals surface area (Å²) in [5.41, 5.74) is 0.728. The van der Waals surface area contributed by atoms with Crippen molar-refractivity contribution in [2.24, 2.45) is 0 Å². The Balaban J connectivity index is 1.55. The topological polar surface area (TPSA) is 83.0 Å². The van der Waals surface area contributed by atoms with Crippen molar-refractivity contribution in [3.63, 3.8) is 0 Å². The van der Waals surface area contributed by atoms with Crippen LogP contribution in [0.15, 0.2) is 43.0 Å². The second-order valence-electron chi connectivity index (χ2n) is 5.17. The van der Waals surface area contributed by atoms with Crippen molar-refractivity contribution in [3.05, 3.63) is 43.0 Å². The fourth-order valence-electron chi connectivity index (χ4n) is 2.52. The lowest BCUT2D eigenvalue weighted by atomic mass is 10.1. The monoisotopic (exact) mass is 298 g/mol. The summed E-state index contributed by atoms with van der Waals surface area (Å²) >= 11 is 0. The number of rotatable bonds is 3. The molecule has 0 aliphatic carbocycles. The average molecular weight is 298 g/mol. The molecule has 7 nitrogen and oxygen atoms in total. The van der Waals surface area contributed by atoms with Gasteiger partial charge in [-0.25, -0.2) is 14.8 Å². The molecule has 1 fully saturated rings. The Hall–Kier alpha value is -2.70. The third kappa shape index (κ3) is 3.69. The molecule has 7 heteroatoms. The minimum absolute atomic E-state index is 0.0828. The highest BCUT2D eigenvalue weighted by atomic mass is 16.2. The summed E-state index contributed by atoms with van der Waals surface area (Å²) in [4.78, 5) is 26.6. The third-order valence-corrected chi connectivity index (χ3v) is 3.53. The SMILES string of the molecule is O=C(Nc1ccncc1)N[C@H]1CCCN(c2ncccn2)C1. The number of piperidine rings is 1. The first-order valence-electron chi connectivity index (χ1n) is 7.31. The van der Waals surface area contributed by atoms with Gasteiger partial charge in [0.1, 0.15) is 0 Å². The molecule has 2 aromatic rings. The number of anilines is 2. The van der Waals surface area contributed by atoms with E-state index in [2.05, 4.69) is 30.5 Å². The van der Waals surface area contributed by atoms with Crippen LogP contribution in [0, 0.1) is 0 Å². The Morgan fingerprint density at radius 3 is 2.73 bits per heavy atom. The van der Waals surface area contributed by atoms with Crippen molar-refractivity contribution in [1.82, 2.24) is 20.3 Å². The summed E-state index contributed by atoms with van der Waals surface area (Å²) in [6.45, 7) is 1.63. The molecule has 1 aliphatic rings. The molecule has 22 heavy (non-hydrogen) atoms.